The average molecular weight is 255 g/mol. The second-order valence-corrected chi connectivity index (χ2v) is 4.76. The number of fused-ring (bicyclic) bond motifs is 3. The van der Waals surface area contributed by atoms with Crippen LogP contribution in [-0.2, 0) is 0 Å². The molecule has 0 radical (unpaired) electrons. The van der Waals surface area contributed by atoms with Gasteiger partial charge < -0.3 is 9.72 Å². The van der Waals surface area contributed by atoms with Crippen molar-refractivity contribution in [2.45, 2.75) is 13.8 Å². The van der Waals surface area contributed by atoms with E-state index in [9.17, 15) is 9.59 Å². The van der Waals surface area contributed by atoms with E-state index in [1.807, 2.05) is 19.1 Å². The summed E-state index contributed by atoms with van der Waals surface area (Å²) in [4.78, 5) is 27.2. The fourth-order valence-electron chi connectivity index (χ4n) is 2.50. The summed E-state index contributed by atoms with van der Waals surface area (Å²) in [6.45, 7) is 3.58. The molecule has 0 bridgehead atoms. The second-order valence-electron chi connectivity index (χ2n) is 4.76. The van der Waals surface area contributed by atoms with Gasteiger partial charge in [0, 0.05) is 16.5 Å². The van der Waals surface area contributed by atoms with Crippen molar-refractivity contribution in [2.24, 2.45) is 0 Å². The van der Waals surface area contributed by atoms with E-state index in [1.54, 1.807) is 14.0 Å². The lowest BCUT2D eigenvalue weighted by molar-refractivity contribution is 0.0983. The van der Waals surface area contributed by atoms with Crippen LogP contribution in [0.25, 0.3) is 10.9 Å². The molecule has 1 heterocycles. The van der Waals surface area contributed by atoms with E-state index in [1.165, 1.54) is 6.08 Å². The molecule has 2 aromatic rings. The SMILES string of the molecule is COc1cc2c3c([nH]c2cc1C)C(=O)C=C(C)C3=O. The maximum atomic E-state index is 12.2. The molecule has 4 nitrogen and oxygen atoms in total. The predicted molar refractivity (Wildman–Crippen MR) is 72.0 cm³/mol. The van der Waals surface area contributed by atoms with Gasteiger partial charge in [-0.3, -0.25) is 9.59 Å². The van der Waals surface area contributed by atoms with Crippen LogP contribution in [0.3, 0.4) is 0 Å². The van der Waals surface area contributed by atoms with Gasteiger partial charge in [0.05, 0.1) is 18.4 Å². The zero-order valence-electron chi connectivity index (χ0n) is 11.0. The first-order chi connectivity index (χ1) is 9.02. The quantitative estimate of drug-likeness (QED) is 0.852. The zero-order chi connectivity index (χ0) is 13.7. The van der Waals surface area contributed by atoms with Crippen LogP contribution >= 0.6 is 0 Å². The molecule has 1 aliphatic rings. The summed E-state index contributed by atoms with van der Waals surface area (Å²) in [6.07, 6.45) is 1.38. The van der Waals surface area contributed by atoms with E-state index in [4.69, 9.17) is 4.74 Å². The summed E-state index contributed by atoms with van der Waals surface area (Å²) >= 11 is 0. The number of carbonyl (C=O) groups is 2. The maximum absolute atomic E-state index is 12.2. The lowest BCUT2D eigenvalue weighted by Crippen LogP contribution is -2.14. The normalized spacial score (nSPS) is 14.6. The summed E-state index contributed by atoms with van der Waals surface area (Å²) < 4.78 is 5.28. The minimum absolute atomic E-state index is 0.105. The topological polar surface area (TPSA) is 59.2 Å². The molecule has 0 fully saturated rings. The third-order valence-electron chi connectivity index (χ3n) is 3.49. The van der Waals surface area contributed by atoms with Crippen LogP contribution in [-0.4, -0.2) is 23.7 Å². The molecule has 0 spiro atoms. The van der Waals surface area contributed by atoms with Crippen LogP contribution in [0.1, 0.15) is 33.3 Å². The van der Waals surface area contributed by atoms with Crippen molar-refractivity contribution in [3.63, 3.8) is 0 Å². The number of aromatic nitrogens is 1. The molecule has 1 aromatic heterocycles. The number of rotatable bonds is 1. The highest BCUT2D eigenvalue weighted by Crippen LogP contribution is 2.33. The Bertz CT molecular complexity index is 765. The predicted octanol–water partition coefficient (Wildman–Crippen LogP) is 2.81. The van der Waals surface area contributed by atoms with Gasteiger partial charge in [0.25, 0.3) is 0 Å². The highest BCUT2D eigenvalue weighted by atomic mass is 16.5. The van der Waals surface area contributed by atoms with E-state index in [0.717, 1.165) is 16.5 Å². The first-order valence-corrected chi connectivity index (χ1v) is 6.00. The summed E-state index contributed by atoms with van der Waals surface area (Å²) in [5.74, 6) is 0.452. The summed E-state index contributed by atoms with van der Waals surface area (Å²) in [5, 5.41) is 0.739. The van der Waals surface area contributed by atoms with Crippen molar-refractivity contribution in [1.82, 2.24) is 4.98 Å². The van der Waals surface area contributed by atoms with Gasteiger partial charge >= 0.3 is 0 Å². The highest BCUT2D eigenvalue weighted by Gasteiger charge is 2.28. The van der Waals surface area contributed by atoms with Crippen molar-refractivity contribution in [2.75, 3.05) is 7.11 Å². The van der Waals surface area contributed by atoms with Crippen LogP contribution in [0.4, 0.5) is 0 Å². The maximum Gasteiger partial charge on any atom is 0.203 e. The van der Waals surface area contributed by atoms with Crippen LogP contribution in [0, 0.1) is 6.92 Å². The second kappa shape index (κ2) is 3.82. The number of H-pyrrole nitrogens is 1. The molecule has 96 valence electrons. The van der Waals surface area contributed by atoms with E-state index in [2.05, 4.69) is 4.98 Å². The van der Waals surface area contributed by atoms with E-state index >= 15 is 0 Å². The minimum Gasteiger partial charge on any atom is -0.496 e. The lowest BCUT2D eigenvalue weighted by atomic mass is 9.93. The van der Waals surface area contributed by atoms with Gasteiger partial charge in [-0.15, -0.1) is 0 Å². The van der Waals surface area contributed by atoms with Gasteiger partial charge in [0.15, 0.2) is 5.78 Å². The third kappa shape index (κ3) is 1.53. The van der Waals surface area contributed by atoms with E-state index in [-0.39, 0.29) is 11.6 Å². The number of aryl methyl sites for hydroxylation is 1. The minimum atomic E-state index is -0.153. The molecular weight excluding hydrogens is 242 g/mol. The number of aromatic amines is 1. The van der Waals surface area contributed by atoms with Gasteiger partial charge in [-0.1, -0.05) is 0 Å². The third-order valence-corrected chi connectivity index (χ3v) is 3.49. The molecule has 3 rings (SSSR count). The number of hydrogen-bond donors (Lipinski definition) is 1. The molecule has 1 aromatic carbocycles. The smallest absolute Gasteiger partial charge is 0.203 e. The number of ether oxygens (including phenoxy) is 1. The molecule has 19 heavy (non-hydrogen) atoms. The zero-order valence-corrected chi connectivity index (χ0v) is 11.0. The van der Waals surface area contributed by atoms with Crippen LogP contribution in [0.5, 0.6) is 5.75 Å². The Labute approximate surface area is 110 Å². The molecule has 0 saturated heterocycles. The van der Waals surface area contributed by atoms with Crippen molar-refractivity contribution >= 4 is 22.5 Å². The monoisotopic (exact) mass is 255 g/mol. The van der Waals surface area contributed by atoms with E-state index < -0.39 is 0 Å². The molecule has 0 saturated carbocycles. The molecule has 0 aliphatic heterocycles. The van der Waals surface area contributed by atoms with Crippen LogP contribution in [0.15, 0.2) is 23.8 Å². The molecule has 0 atom stereocenters. The lowest BCUT2D eigenvalue weighted by Gasteiger charge is -2.08. The Morgan fingerprint density at radius 1 is 1.16 bits per heavy atom. The Morgan fingerprint density at radius 3 is 2.58 bits per heavy atom. The fraction of sp³-hybridized carbons (Fsp3) is 0.200. The Hall–Kier alpha value is -2.36. The first kappa shape index (κ1) is 11.7. The standard InChI is InChI=1S/C15H13NO3/c1-7-4-10-9(6-12(7)19-3)13-14(16-10)11(17)5-8(2)15(13)18/h4-6,16H,1-3H3. The number of hydrogen-bond acceptors (Lipinski definition) is 3. The van der Waals surface area contributed by atoms with Gasteiger partial charge in [0.1, 0.15) is 5.75 Å². The van der Waals surface area contributed by atoms with Gasteiger partial charge in [-0.2, -0.15) is 0 Å². The molecule has 1 aliphatic carbocycles. The van der Waals surface area contributed by atoms with Crippen molar-refractivity contribution in [1.29, 1.82) is 0 Å². The van der Waals surface area contributed by atoms with Crippen molar-refractivity contribution in [3.8, 4) is 5.75 Å². The molecule has 0 unspecified atom stereocenters. The molecule has 0 amide bonds. The number of allylic oxidation sites excluding steroid dienone is 2. The van der Waals surface area contributed by atoms with Gasteiger partial charge in [0.2, 0.25) is 5.78 Å². The summed E-state index contributed by atoms with van der Waals surface area (Å²) in [6, 6.07) is 3.70. The van der Waals surface area contributed by atoms with Crippen molar-refractivity contribution < 1.29 is 14.3 Å². The molecule has 1 N–H and O–H groups in total. The number of benzene rings is 1. The Morgan fingerprint density at radius 2 is 1.89 bits per heavy atom. The number of ketones is 2. The van der Waals surface area contributed by atoms with Crippen LogP contribution < -0.4 is 4.74 Å². The van der Waals surface area contributed by atoms with Crippen molar-refractivity contribution in [3.05, 3.63) is 40.6 Å². The van der Waals surface area contributed by atoms with Crippen LogP contribution in [0.2, 0.25) is 0 Å². The fourth-order valence-corrected chi connectivity index (χ4v) is 2.50. The van der Waals surface area contributed by atoms with Gasteiger partial charge in [-0.25, -0.2) is 0 Å². The largest absolute Gasteiger partial charge is 0.496 e. The van der Waals surface area contributed by atoms with Gasteiger partial charge in [-0.05, 0) is 37.6 Å². The summed E-state index contributed by atoms with van der Waals surface area (Å²) in [7, 11) is 1.59. The Balaban J connectivity index is 2.39. The molecule has 4 heteroatoms. The first-order valence-electron chi connectivity index (χ1n) is 6.00. The number of carbonyl (C=O) groups excluding carboxylic acids is 2. The Kier molecular flexibility index (Phi) is 2.35. The number of nitrogens with one attached hydrogen (secondary N) is 1. The highest BCUT2D eigenvalue weighted by molar-refractivity contribution is 6.28. The van der Waals surface area contributed by atoms with E-state index in [0.29, 0.717) is 22.6 Å². The number of methoxy groups -OCH3 is 1. The summed E-state index contributed by atoms with van der Waals surface area (Å²) in [5.41, 5.74) is 3.04. The average Bonchev–Trinajstić information content (AvgIpc) is 2.73. The number of Topliss-reactive ketones (excluding diaryl/α,β-unsaturated/α-hetero) is 1. The molecular formula is C15H13NO3.